The van der Waals surface area contributed by atoms with Crippen molar-refractivity contribution in [2.24, 2.45) is 5.92 Å². The summed E-state index contributed by atoms with van der Waals surface area (Å²) in [5.41, 5.74) is 0.803. The molecule has 0 bridgehead atoms. The molecule has 3 atom stereocenters. The monoisotopic (exact) mass is 511 g/mol. The van der Waals surface area contributed by atoms with Gasteiger partial charge in [0.05, 0.1) is 42.4 Å². The minimum atomic E-state index is -0.643. The van der Waals surface area contributed by atoms with Crippen molar-refractivity contribution in [1.29, 1.82) is 0 Å². The van der Waals surface area contributed by atoms with E-state index in [2.05, 4.69) is 5.32 Å². The van der Waals surface area contributed by atoms with E-state index in [0.717, 1.165) is 0 Å². The highest BCUT2D eigenvalue weighted by Crippen LogP contribution is 2.40. The van der Waals surface area contributed by atoms with E-state index in [-0.39, 0.29) is 40.1 Å². The van der Waals surface area contributed by atoms with Crippen LogP contribution in [-0.2, 0) is 9.53 Å². The summed E-state index contributed by atoms with van der Waals surface area (Å²) >= 11 is 18.3. The van der Waals surface area contributed by atoms with Gasteiger partial charge in [0.25, 0.3) is 5.91 Å². The van der Waals surface area contributed by atoms with Crippen molar-refractivity contribution in [3.63, 3.8) is 0 Å². The van der Waals surface area contributed by atoms with Crippen molar-refractivity contribution in [2.75, 3.05) is 20.8 Å². The number of rotatable bonds is 8. The first-order valence-electron chi connectivity index (χ1n) is 10.3. The third-order valence-corrected chi connectivity index (χ3v) is 6.22. The first-order valence-corrected chi connectivity index (χ1v) is 11.4. The zero-order chi connectivity index (χ0) is 24.1. The normalized spacial score (nSPS) is 18.0. The second-order valence-corrected chi connectivity index (χ2v) is 8.70. The Labute approximate surface area is 207 Å². The number of carbonyl (C=O) groups is 2. The molecular weight excluding hydrogens is 489 g/mol. The molecular formula is C24H24Cl3NO5. The van der Waals surface area contributed by atoms with Crippen LogP contribution in [0.5, 0.6) is 11.5 Å². The lowest BCUT2D eigenvalue weighted by Crippen LogP contribution is -2.34. The van der Waals surface area contributed by atoms with Gasteiger partial charge >= 0.3 is 5.97 Å². The Morgan fingerprint density at radius 2 is 1.76 bits per heavy atom. The summed E-state index contributed by atoms with van der Waals surface area (Å²) in [7, 11) is 3.10. The fourth-order valence-electron chi connectivity index (χ4n) is 3.93. The van der Waals surface area contributed by atoms with Crippen LogP contribution in [0.15, 0.2) is 42.5 Å². The van der Waals surface area contributed by atoms with Crippen LogP contribution >= 0.6 is 34.8 Å². The molecule has 0 saturated carbocycles. The second-order valence-electron chi connectivity index (χ2n) is 7.45. The molecule has 33 heavy (non-hydrogen) atoms. The molecule has 0 radical (unpaired) electrons. The van der Waals surface area contributed by atoms with Crippen molar-refractivity contribution in [1.82, 2.24) is 5.32 Å². The molecule has 0 saturated heterocycles. The summed E-state index contributed by atoms with van der Waals surface area (Å²) in [5.74, 6) is -0.547. The number of ether oxygens (including phenoxy) is 3. The number of hydrogen-bond donors (Lipinski definition) is 1. The first-order chi connectivity index (χ1) is 15.8. The predicted molar refractivity (Wildman–Crippen MR) is 129 cm³/mol. The quantitative estimate of drug-likeness (QED) is 0.363. The number of amides is 1. The molecule has 6 nitrogen and oxygen atoms in total. The molecule has 0 heterocycles. The summed E-state index contributed by atoms with van der Waals surface area (Å²) in [6.45, 7) is 2.00. The van der Waals surface area contributed by atoms with Gasteiger partial charge < -0.3 is 19.5 Å². The molecule has 1 amide bonds. The van der Waals surface area contributed by atoms with Crippen molar-refractivity contribution >= 4 is 46.7 Å². The Kier molecular flexibility index (Phi) is 8.51. The number of benzene rings is 2. The molecule has 176 valence electrons. The number of allylic oxidation sites excluding steroid dienone is 1. The van der Waals surface area contributed by atoms with Crippen LogP contribution in [0.4, 0.5) is 0 Å². The van der Waals surface area contributed by atoms with E-state index in [1.165, 1.54) is 12.1 Å². The maximum atomic E-state index is 13.0. The summed E-state index contributed by atoms with van der Waals surface area (Å²) < 4.78 is 16.2. The lowest BCUT2D eigenvalue weighted by molar-refractivity contribution is -0.146. The number of esters is 1. The molecule has 1 aliphatic rings. The van der Waals surface area contributed by atoms with E-state index in [0.29, 0.717) is 28.5 Å². The van der Waals surface area contributed by atoms with E-state index >= 15 is 0 Å². The molecule has 1 aliphatic carbocycles. The van der Waals surface area contributed by atoms with Crippen molar-refractivity contribution in [3.8, 4) is 11.5 Å². The number of carbonyl (C=O) groups excluding carboxylic acids is 2. The zero-order valence-corrected chi connectivity index (χ0v) is 20.6. The van der Waals surface area contributed by atoms with Gasteiger partial charge in [0.15, 0.2) is 0 Å². The average Bonchev–Trinajstić information content (AvgIpc) is 3.21. The lowest BCUT2D eigenvalue weighted by atomic mass is 9.84. The van der Waals surface area contributed by atoms with Gasteiger partial charge in [-0.3, -0.25) is 9.59 Å². The molecule has 3 unspecified atom stereocenters. The number of methoxy groups -OCH3 is 2. The maximum absolute atomic E-state index is 13.0. The largest absolute Gasteiger partial charge is 0.497 e. The van der Waals surface area contributed by atoms with Gasteiger partial charge in [0.2, 0.25) is 0 Å². The molecule has 9 heteroatoms. The summed E-state index contributed by atoms with van der Waals surface area (Å²) in [5, 5.41) is 3.57. The van der Waals surface area contributed by atoms with Crippen LogP contribution in [0.3, 0.4) is 0 Å². The van der Waals surface area contributed by atoms with Crippen LogP contribution in [0.2, 0.25) is 15.1 Å². The van der Waals surface area contributed by atoms with Crippen LogP contribution in [0.1, 0.15) is 35.2 Å². The second kappa shape index (κ2) is 11.1. The van der Waals surface area contributed by atoms with E-state index in [4.69, 9.17) is 49.0 Å². The summed E-state index contributed by atoms with van der Waals surface area (Å²) in [4.78, 5) is 25.8. The number of hydrogen-bond acceptors (Lipinski definition) is 5. The molecule has 1 N–H and O–H groups in total. The van der Waals surface area contributed by atoms with Gasteiger partial charge in [0.1, 0.15) is 11.5 Å². The maximum Gasteiger partial charge on any atom is 0.314 e. The highest BCUT2D eigenvalue weighted by Gasteiger charge is 2.36. The minimum absolute atomic E-state index is 0.149. The van der Waals surface area contributed by atoms with E-state index in [9.17, 15) is 9.59 Å². The molecule has 0 aromatic heterocycles. The molecule has 2 aromatic rings. The van der Waals surface area contributed by atoms with Crippen LogP contribution in [0.25, 0.3) is 0 Å². The molecule has 2 aromatic carbocycles. The fourth-order valence-corrected chi connectivity index (χ4v) is 4.92. The third kappa shape index (κ3) is 5.75. The zero-order valence-electron chi connectivity index (χ0n) is 18.4. The standard InChI is InChI=1S/C24H24Cl3NO5/c1-4-33-24(30)21(17-12-16(31-2)7-8-20(17)32-3)13-5-6-15(9-13)28-23(29)22-18(26)10-14(25)11-19(22)27/h5-8,10-13,15,21H,4,9H2,1-3H3,(H,28,29). The SMILES string of the molecule is CCOC(=O)C(c1cc(OC)ccc1OC)C1C=CC(NC(=O)c2c(Cl)cc(Cl)cc2Cl)C1. The van der Waals surface area contributed by atoms with Gasteiger partial charge in [-0.05, 0) is 49.6 Å². The smallest absolute Gasteiger partial charge is 0.314 e. The van der Waals surface area contributed by atoms with Crippen LogP contribution in [0, 0.1) is 5.92 Å². The predicted octanol–water partition coefficient (Wildman–Crippen LogP) is 5.69. The minimum Gasteiger partial charge on any atom is -0.497 e. The van der Waals surface area contributed by atoms with Crippen LogP contribution in [-0.4, -0.2) is 38.7 Å². The summed E-state index contributed by atoms with van der Waals surface area (Å²) in [6, 6.07) is 7.87. The Hall–Kier alpha value is -2.41. The van der Waals surface area contributed by atoms with Crippen molar-refractivity contribution in [2.45, 2.75) is 25.3 Å². The van der Waals surface area contributed by atoms with Crippen LogP contribution < -0.4 is 14.8 Å². The van der Waals surface area contributed by atoms with E-state index in [1.54, 1.807) is 39.3 Å². The Morgan fingerprint density at radius 3 is 2.36 bits per heavy atom. The fraction of sp³-hybridized carbons (Fsp3) is 0.333. The molecule has 3 rings (SSSR count). The number of halogens is 3. The summed E-state index contributed by atoms with van der Waals surface area (Å²) in [6.07, 6.45) is 4.22. The molecule has 0 spiro atoms. The molecule has 0 fully saturated rings. The highest BCUT2D eigenvalue weighted by molar-refractivity contribution is 6.42. The van der Waals surface area contributed by atoms with Gasteiger partial charge in [0, 0.05) is 16.6 Å². The Bertz CT molecular complexity index is 1050. The van der Waals surface area contributed by atoms with Gasteiger partial charge in [-0.2, -0.15) is 0 Å². The lowest BCUT2D eigenvalue weighted by Gasteiger charge is -2.24. The average molecular weight is 513 g/mol. The Balaban J connectivity index is 1.84. The Morgan fingerprint density at radius 1 is 1.06 bits per heavy atom. The van der Waals surface area contributed by atoms with Gasteiger partial charge in [-0.25, -0.2) is 0 Å². The van der Waals surface area contributed by atoms with Gasteiger partial charge in [-0.1, -0.05) is 47.0 Å². The number of nitrogens with one attached hydrogen (secondary N) is 1. The van der Waals surface area contributed by atoms with Crippen molar-refractivity contribution < 1.29 is 23.8 Å². The molecule has 0 aliphatic heterocycles. The van der Waals surface area contributed by atoms with E-state index in [1.807, 2.05) is 12.2 Å². The topological polar surface area (TPSA) is 73.9 Å². The third-order valence-electron chi connectivity index (χ3n) is 5.41. The highest BCUT2D eigenvalue weighted by atomic mass is 35.5. The van der Waals surface area contributed by atoms with Crippen molar-refractivity contribution in [3.05, 3.63) is 68.7 Å². The van der Waals surface area contributed by atoms with E-state index < -0.39 is 11.8 Å². The first kappa shape index (κ1) is 25.2. The van der Waals surface area contributed by atoms with Gasteiger partial charge in [-0.15, -0.1) is 0 Å².